The van der Waals surface area contributed by atoms with Gasteiger partial charge in [0.05, 0.1) is 15.1 Å². The molecule has 0 fully saturated rings. The van der Waals surface area contributed by atoms with E-state index in [9.17, 15) is 14.9 Å². The Morgan fingerprint density at radius 2 is 1.97 bits per heavy atom. The van der Waals surface area contributed by atoms with E-state index in [0.29, 0.717) is 46.4 Å². The molecule has 0 bridgehead atoms. The van der Waals surface area contributed by atoms with E-state index < -0.39 is 10.9 Å². The monoisotopic (exact) mass is 618 g/mol. The summed E-state index contributed by atoms with van der Waals surface area (Å²) in [4.78, 5) is 27.5. The Morgan fingerprint density at radius 1 is 1.17 bits per heavy atom. The van der Waals surface area contributed by atoms with Crippen molar-refractivity contribution >= 4 is 57.8 Å². The van der Waals surface area contributed by atoms with Gasteiger partial charge in [-0.15, -0.1) is 0 Å². The second-order valence-corrected chi connectivity index (χ2v) is 9.37. The number of hydrogen-bond donors (Lipinski definition) is 0. The zero-order chi connectivity index (χ0) is 25.8. The first-order chi connectivity index (χ1) is 17.2. The molecule has 184 valence electrons. The third-order valence-corrected chi connectivity index (χ3v) is 6.22. The quantitative estimate of drug-likeness (QED) is 0.0942. The third-order valence-electron chi connectivity index (χ3n) is 5.18. The maximum atomic E-state index is 12.5. The van der Waals surface area contributed by atoms with Gasteiger partial charge in [0.1, 0.15) is 6.61 Å². The van der Waals surface area contributed by atoms with Crippen LogP contribution in [0.3, 0.4) is 0 Å². The third kappa shape index (κ3) is 5.85. The van der Waals surface area contributed by atoms with Crippen LogP contribution in [-0.2, 0) is 16.1 Å². The van der Waals surface area contributed by atoms with Gasteiger partial charge in [-0.3, -0.25) is 10.1 Å². The smallest absolute Gasteiger partial charge is 0.363 e. The first-order valence-electron chi connectivity index (χ1n) is 10.9. The molecule has 0 aliphatic carbocycles. The van der Waals surface area contributed by atoms with Crippen LogP contribution < -0.4 is 9.47 Å². The summed E-state index contributed by atoms with van der Waals surface area (Å²) >= 11 is 8.21. The maximum absolute atomic E-state index is 12.5. The van der Waals surface area contributed by atoms with Crippen molar-refractivity contribution in [3.63, 3.8) is 0 Å². The number of nitro benzene ring substituents is 1. The number of hydrogen-bond acceptors (Lipinski definition) is 7. The number of benzene rings is 3. The van der Waals surface area contributed by atoms with Crippen LogP contribution in [0, 0.1) is 20.6 Å². The number of ether oxygens (including phenoxy) is 3. The Labute approximate surface area is 225 Å². The van der Waals surface area contributed by atoms with Gasteiger partial charge in [-0.05, 0) is 84.0 Å². The Morgan fingerprint density at radius 3 is 2.69 bits per heavy atom. The summed E-state index contributed by atoms with van der Waals surface area (Å²) in [7, 11) is 0. The zero-order valence-electron chi connectivity index (χ0n) is 19.3. The lowest BCUT2D eigenvalue weighted by Gasteiger charge is -2.15. The fraction of sp³-hybridized carbons (Fsp3) is 0.154. The van der Waals surface area contributed by atoms with E-state index in [1.807, 2.05) is 31.2 Å². The second-order valence-electron chi connectivity index (χ2n) is 7.78. The highest BCUT2D eigenvalue weighted by molar-refractivity contribution is 14.1. The molecule has 1 aliphatic rings. The van der Waals surface area contributed by atoms with Crippen molar-refractivity contribution in [2.75, 3.05) is 6.61 Å². The molecule has 0 spiro atoms. The predicted octanol–water partition coefficient (Wildman–Crippen LogP) is 6.48. The minimum Gasteiger partial charge on any atom is -0.490 e. The lowest BCUT2D eigenvalue weighted by Crippen LogP contribution is -2.06. The molecule has 1 aliphatic heterocycles. The van der Waals surface area contributed by atoms with Crippen molar-refractivity contribution in [3.05, 3.63) is 101 Å². The normalized spacial score (nSPS) is 13.9. The summed E-state index contributed by atoms with van der Waals surface area (Å²) in [6, 6.07) is 15.5. The molecule has 0 saturated heterocycles. The van der Waals surface area contributed by atoms with Gasteiger partial charge in [-0.1, -0.05) is 29.8 Å². The molecule has 4 rings (SSSR count). The number of esters is 1. The first kappa shape index (κ1) is 25.6. The summed E-state index contributed by atoms with van der Waals surface area (Å²) < 4.78 is 17.9. The average molecular weight is 619 g/mol. The van der Waals surface area contributed by atoms with Gasteiger partial charge in [0.25, 0.3) is 5.69 Å². The predicted molar refractivity (Wildman–Crippen MR) is 145 cm³/mol. The fourth-order valence-electron chi connectivity index (χ4n) is 3.49. The Hall–Kier alpha value is -3.44. The summed E-state index contributed by atoms with van der Waals surface area (Å²) in [6.45, 7) is 4.22. The second kappa shape index (κ2) is 11.1. The highest BCUT2D eigenvalue weighted by Crippen LogP contribution is 2.36. The topological polar surface area (TPSA) is 100 Å². The largest absolute Gasteiger partial charge is 0.490 e. The molecule has 3 aromatic carbocycles. The lowest BCUT2D eigenvalue weighted by atomic mass is 10.1. The van der Waals surface area contributed by atoms with Gasteiger partial charge in [-0.25, -0.2) is 9.79 Å². The molecular formula is C26H20ClIN2O6. The van der Waals surface area contributed by atoms with E-state index >= 15 is 0 Å². The van der Waals surface area contributed by atoms with E-state index in [-0.39, 0.29) is 17.3 Å². The molecule has 1 heterocycles. The summed E-state index contributed by atoms with van der Waals surface area (Å²) in [5, 5.41) is 11.9. The number of aryl methyl sites for hydroxylation is 1. The Kier molecular flexibility index (Phi) is 7.90. The number of rotatable bonds is 8. The first-order valence-corrected chi connectivity index (χ1v) is 12.3. The van der Waals surface area contributed by atoms with E-state index in [2.05, 4.69) is 27.6 Å². The van der Waals surface area contributed by atoms with Crippen LogP contribution in [0.2, 0.25) is 5.02 Å². The molecule has 0 unspecified atom stereocenters. The number of cyclic esters (lactones) is 1. The molecule has 0 radical (unpaired) electrons. The minimum absolute atomic E-state index is 0.00977. The Bertz CT molecular complexity index is 1420. The number of nitrogens with zero attached hydrogens (tertiary/aromatic N) is 2. The highest BCUT2D eigenvalue weighted by Gasteiger charge is 2.26. The van der Waals surface area contributed by atoms with Gasteiger partial charge >= 0.3 is 5.97 Å². The SMILES string of the molecule is CCOc1cc(/C=C2\N=C(c3ccc(C)c([N+](=O)[O-])c3)OC2=O)cc(I)c1OCc1cccc(Cl)c1. The average Bonchev–Trinajstić information content (AvgIpc) is 3.19. The summed E-state index contributed by atoms with van der Waals surface area (Å²) in [6.07, 6.45) is 1.57. The van der Waals surface area contributed by atoms with Crippen molar-refractivity contribution in [3.8, 4) is 11.5 Å². The Balaban J connectivity index is 1.63. The minimum atomic E-state index is -0.650. The molecule has 0 atom stereocenters. The van der Waals surface area contributed by atoms with Gasteiger partial charge in [0, 0.05) is 22.2 Å². The molecule has 8 nitrogen and oxygen atoms in total. The summed E-state index contributed by atoms with van der Waals surface area (Å²) in [5.74, 6) is 0.450. The molecule has 0 aromatic heterocycles. The van der Waals surface area contributed by atoms with Crippen molar-refractivity contribution in [2.24, 2.45) is 4.99 Å². The van der Waals surface area contributed by atoms with Crippen molar-refractivity contribution < 1.29 is 23.9 Å². The van der Waals surface area contributed by atoms with E-state index in [1.54, 1.807) is 37.3 Å². The molecule has 0 N–H and O–H groups in total. The molecule has 0 saturated carbocycles. The van der Waals surface area contributed by atoms with Crippen molar-refractivity contribution in [2.45, 2.75) is 20.5 Å². The van der Waals surface area contributed by atoms with Crippen LogP contribution in [0.4, 0.5) is 5.69 Å². The van der Waals surface area contributed by atoms with Crippen molar-refractivity contribution in [1.29, 1.82) is 0 Å². The maximum Gasteiger partial charge on any atom is 0.363 e. The lowest BCUT2D eigenvalue weighted by molar-refractivity contribution is -0.385. The summed E-state index contributed by atoms with van der Waals surface area (Å²) in [5.41, 5.74) is 2.41. The van der Waals surface area contributed by atoms with Crippen LogP contribution >= 0.6 is 34.2 Å². The van der Waals surface area contributed by atoms with E-state index in [4.69, 9.17) is 25.8 Å². The number of carbonyl (C=O) groups is 1. The molecular weight excluding hydrogens is 599 g/mol. The molecule has 0 amide bonds. The number of aliphatic imine (C=N–C) groups is 1. The number of nitro groups is 1. The van der Waals surface area contributed by atoms with Crippen LogP contribution in [0.15, 0.2) is 65.3 Å². The van der Waals surface area contributed by atoms with Gasteiger partial charge in [0.15, 0.2) is 17.2 Å². The van der Waals surface area contributed by atoms with E-state index in [1.165, 1.54) is 6.07 Å². The van der Waals surface area contributed by atoms with Crippen molar-refractivity contribution in [1.82, 2.24) is 0 Å². The molecule has 10 heteroatoms. The highest BCUT2D eigenvalue weighted by atomic mass is 127. The van der Waals surface area contributed by atoms with Crippen LogP contribution in [-0.4, -0.2) is 23.4 Å². The zero-order valence-corrected chi connectivity index (χ0v) is 22.2. The van der Waals surface area contributed by atoms with Crippen LogP contribution in [0.1, 0.15) is 29.2 Å². The number of halogens is 2. The fourth-order valence-corrected chi connectivity index (χ4v) is 4.48. The van der Waals surface area contributed by atoms with E-state index in [0.717, 1.165) is 9.13 Å². The van der Waals surface area contributed by atoms with Crippen LogP contribution in [0.25, 0.3) is 6.08 Å². The van der Waals surface area contributed by atoms with Gasteiger partial charge in [-0.2, -0.15) is 0 Å². The standard InChI is InChI=1S/C26H20ClIN2O6/c1-3-34-23-12-17(10-20(28)24(23)35-14-16-5-4-6-19(27)9-16)11-21-26(31)36-25(29-21)18-8-7-15(2)22(13-18)30(32)33/h4-13H,3,14H2,1-2H3/b21-11-. The molecule has 3 aromatic rings. The molecule has 36 heavy (non-hydrogen) atoms. The van der Waals surface area contributed by atoms with Gasteiger partial charge in [0.2, 0.25) is 5.90 Å². The van der Waals surface area contributed by atoms with Gasteiger partial charge < -0.3 is 14.2 Å². The number of carbonyl (C=O) groups excluding carboxylic acids is 1. The van der Waals surface area contributed by atoms with Crippen LogP contribution in [0.5, 0.6) is 11.5 Å².